The summed E-state index contributed by atoms with van der Waals surface area (Å²) in [6, 6.07) is 12.5. The highest BCUT2D eigenvalue weighted by atomic mass is 32.2. The highest BCUT2D eigenvalue weighted by molar-refractivity contribution is 7.92. The monoisotopic (exact) mass is 680 g/mol. The fourth-order valence-corrected chi connectivity index (χ4v) is 6.15. The van der Waals surface area contributed by atoms with Crippen LogP contribution < -0.4 is 5.32 Å². The highest BCUT2D eigenvalue weighted by Crippen LogP contribution is 2.44. The highest BCUT2D eigenvalue weighted by Gasteiger charge is 2.48. The molecule has 0 spiro atoms. The minimum atomic E-state index is -5.54. The van der Waals surface area contributed by atoms with Crippen LogP contribution in [0.4, 0.5) is 27.6 Å². The van der Waals surface area contributed by atoms with Crippen molar-refractivity contribution in [1.29, 1.82) is 0 Å². The first-order chi connectivity index (χ1) is 22.1. The molecule has 1 aliphatic heterocycles. The summed E-state index contributed by atoms with van der Waals surface area (Å²) in [6.07, 6.45) is 3.18. The van der Waals surface area contributed by atoms with Crippen LogP contribution in [0, 0.1) is 17.6 Å². The number of sulfone groups is 1. The molecule has 1 saturated heterocycles. The number of aliphatic hydroxyl groups is 1. The van der Waals surface area contributed by atoms with Crippen molar-refractivity contribution in [3.8, 4) is 0 Å². The van der Waals surface area contributed by atoms with Gasteiger partial charge in [0.15, 0.2) is 5.79 Å². The Balaban J connectivity index is 1.38. The third-order valence-electron chi connectivity index (χ3n) is 7.93. The summed E-state index contributed by atoms with van der Waals surface area (Å²) in [6.45, 7) is 2.02. The van der Waals surface area contributed by atoms with Crippen molar-refractivity contribution in [3.05, 3.63) is 108 Å². The van der Waals surface area contributed by atoms with Gasteiger partial charge in [0.2, 0.25) is 0 Å². The van der Waals surface area contributed by atoms with Gasteiger partial charge in [0.05, 0.1) is 24.7 Å². The number of hydrogen-bond donors (Lipinski definition) is 2. The van der Waals surface area contributed by atoms with E-state index in [4.69, 9.17) is 9.47 Å². The van der Waals surface area contributed by atoms with E-state index in [2.05, 4.69) is 15.4 Å². The number of alkyl halides is 3. The van der Waals surface area contributed by atoms with E-state index in [-0.39, 0.29) is 29.8 Å². The molecule has 1 unspecified atom stereocenters. The van der Waals surface area contributed by atoms with E-state index < -0.39 is 55.1 Å². The minimum Gasteiger partial charge on any atom is -0.383 e. The second-order valence-corrected chi connectivity index (χ2v) is 13.0. The number of carbonyl (C=O) groups is 1. The van der Waals surface area contributed by atoms with Gasteiger partial charge < -0.3 is 19.9 Å². The van der Waals surface area contributed by atoms with Crippen molar-refractivity contribution in [2.75, 3.05) is 18.5 Å². The van der Waals surface area contributed by atoms with E-state index >= 15 is 4.39 Å². The standard InChI is InChI=1S/C31H29F5N4O6S/c1-20(29(42,17-40-19-37-18-38-40)26-12-7-23(32)15-27(26)33)16-30(45-13-2-14-46-30)22-5-3-21(4-6-22)28(41)39-24-8-10-25(11-9-24)47(43,44)31(34,35)36/h3-12,15,18-20,42H,2,13-14,16-17H2,1H3,(H,39,41)/t20?,29-/m0/s1. The summed E-state index contributed by atoms with van der Waals surface area (Å²) in [5.41, 5.74) is -6.88. The van der Waals surface area contributed by atoms with Gasteiger partial charge in [-0.05, 0) is 54.8 Å². The van der Waals surface area contributed by atoms with Crippen LogP contribution in [0.1, 0.15) is 41.3 Å². The molecule has 4 aromatic rings. The van der Waals surface area contributed by atoms with Crippen molar-refractivity contribution in [2.24, 2.45) is 5.92 Å². The molecule has 16 heteroatoms. The molecule has 5 rings (SSSR count). The molecule has 0 bridgehead atoms. The number of aromatic nitrogens is 3. The Kier molecular flexibility index (Phi) is 9.50. The quantitative estimate of drug-likeness (QED) is 0.216. The van der Waals surface area contributed by atoms with Gasteiger partial charge in [0.25, 0.3) is 15.7 Å². The molecule has 3 aromatic carbocycles. The first-order valence-corrected chi connectivity index (χ1v) is 15.7. The lowest BCUT2D eigenvalue weighted by molar-refractivity contribution is -0.291. The summed E-state index contributed by atoms with van der Waals surface area (Å²) in [7, 11) is -5.54. The molecule has 10 nitrogen and oxygen atoms in total. The maximum Gasteiger partial charge on any atom is 0.501 e. The van der Waals surface area contributed by atoms with Gasteiger partial charge in [-0.1, -0.05) is 25.1 Å². The number of ether oxygens (including phenoxy) is 2. The Hall–Kier alpha value is -4.25. The lowest BCUT2D eigenvalue weighted by Gasteiger charge is -2.43. The molecule has 0 aliphatic carbocycles. The number of anilines is 1. The van der Waals surface area contributed by atoms with Gasteiger partial charge in [-0.15, -0.1) is 0 Å². The van der Waals surface area contributed by atoms with Crippen molar-refractivity contribution >= 4 is 21.4 Å². The number of carbonyl (C=O) groups excluding carboxylic acids is 1. The molecule has 1 aliphatic rings. The van der Waals surface area contributed by atoms with Gasteiger partial charge in [-0.3, -0.25) is 4.79 Å². The molecule has 0 saturated carbocycles. The number of benzene rings is 3. The maximum absolute atomic E-state index is 15.1. The Morgan fingerprint density at radius 2 is 1.70 bits per heavy atom. The van der Waals surface area contributed by atoms with Gasteiger partial charge in [-0.2, -0.15) is 18.3 Å². The second kappa shape index (κ2) is 13.1. The number of amides is 1. The molecule has 1 amide bonds. The number of nitrogens with zero attached hydrogens (tertiary/aromatic N) is 3. The van der Waals surface area contributed by atoms with E-state index in [1.54, 1.807) is 19.1 Å². The average Bonchev–Trinajstić information content (AvgIpc) is 3.54. The Morgan fingerprint density at radius 1 is 1.04 bits per heavy atom. The molecule has 0 radical (unpaired) electrons. The largest absolute Gasteiger partial charge is 0.501 e. The van der Waals surface area contributed by atoms with Crippen LogP contribution in [0.5, 0.6) is 0 Å². The zero-order chi connectivity index (χ0) is 34.0. The molecule has 2 atom stereocenters. The first-order valence-electron chi connectivity index (χ1n) is 14.3. The normalized spacial score (nSPS) is 17.1. The molecule has 1 aromatic heterocycles. The Morgan fingerprint density at radius 3 is 2.28 bits per heavy atom. The summed E-state index contributed by atoms with van der Waals surface area (Å²) in [5.74, 6) is -4.63. The number of hydrogen-bond acceptors (Lipinski definition) is 8. The van der Waals surface area contributed by atoms with Gasteiger partial charge in [0.1, 0.15) is 29.9 Å². The topological polar surface area (TPSA) is 133 Å². The fraction of sp³-hybridized carbons (Fsp3) is 0.323. The third-order valence-corrected chi connectivity index (χ3v) is 9.43. The zero-order valence-corrected chi connectivity index (χ0v) is 25.6. The average molecular weight is 681 g/mol. The van der Waals surface area contributed by atoms with Gasteiger partial charge in [0, 0.05) is 34.9 Å². The summed E-state index contributed by atoms with van der Waals surface area (Å²) in [5, 5.41) is 18.6. The van der Waals surface area contributed by atoms with E-state index in [1.165, 1.54) is 35.5 Å². The first kappa shape index (κ1) is 34.1. The predicted octanol–water partition coefficient (Wildman–Crippen LogP) is 5.31. The second-order valence-electron chi connectivity index (χ2n) is 11.1. The fourth-order valence-electron chi connectivity index (χ4n) is 5.39. The van der Waals surface area contributed by atoms with Crippen LogP contribution in [-0.2, 0) is 37.2 Å². The number of halogens is 5. The van der Waals surface area contributed by atoms with Crippen molar-refractivity contribution in [3.63, 3.8) is 0 Å². The molecule has 2 N–H and O–H groups in total. The number of nitrogens with one attached hydrogen (secondary N) is 1. The molecule has 2 heterocycles. The van der Waals surface area contributed by atoms with E-state index in [1.807, 2.05) is 0 Å². The van der Waals surface area contributed by atoms with Crippen LogP contribution in [0.25, 0.3) is 0 Å². The van der Waals surface area contributed by atoms with Crippen molar-refractivity contribution in [2.45, 2.75) is 48.1 Å². The van der Waals surface area contributed by atoms with Crippen LogP contribution >= 0.6 is 0 Å². The van der Waals surface area contributed by atoms with Crippen LogP contribution in [0.15, 0.2) is 84.3 Å². The van der Waals surface area contributed by atoms with Crippen LogP contribution in [-0.4, -0.2) is 52.9 Å². The Labute approximate surface area is 266 Å². The maximum atomic E-state index is 15.1. The van der Waals surface area contributed by atoms with Crippen molar-refractivity contribution in [1.82, 2.24) is 14.8 Å². The smallest absolute Gasteiger partial charge is 0.383 e. The SMILES string of the molecule is CC(CC1(c2ccc(C(=O)Nc3ccc(S(=O)(=O)C(F)(F)F)cc3)cc2)OCCCO1)[C@@](O)(Cn1cncn1)c1ccc(F)cc1F. The summed E-state index contributed by atoms with van der Waals surface area (Å²) >= 11 is 0. The lowest BCUT2D eigenvalue weighted by atomic mass is 9.77. The van der Waals surface area contributed by atoms with E-state index in [9.17, 15) is 35.9 Å². The predicted molar refractivity (Wildman–Crippen MR) is 156 cm³/mol. The third kappa shape index (κ3) is 7.05. The zero-order valence-electron chi connectivity index (χ0n) is 24.7. The van der Waals surface area contributed by atoms with Gasteiger partial charge >= 0.3 is 5.51 Å². The number of rotatable bonds is 10. The van der Waals surface area contributed by atoms with Gasteiger partial charge in [-0.25, -0.2) is 26.9 Å². The Bertz CT molecular complexity index is 1810. The molecule has 47 heavy (non-hydrogen) atoms. The van der Waals surface area contributed by atoms with E-state index in [0.717, 1.165) is 30.3 Å². The van der Waals surface area contributed by atoms with Crippen LogP contribution in [0.3, 0.4) is 0 Å². The summed E-state index contributed by atoms with van der Waals surface area (Å²) in [4.78, 5) is 15.8. The molecular formula is C31H29F5N4O6S. The van der Waals surface area contributed by atoms with Crippen molar-refractivity contribution < 1.29 is 49.7 Å². The lowest BCUT2D eigenvalue weighted by Crippen LogP contribution is -2.46. The molecule has 250 valence electrons. The van der Waals surface area contributed by atoms with Crippen LogP contribution in [0.2, 0.25) is 0 Å². The summed E-state index contributed by atoms with van der Waals surface area (Å²) < 4.78 is 104. The molecular weight excluding hydrogens is 651 g/mol. The van der Waals surface area contributed by atoms with E-state index in [0.29, 0.717) is 31.3 Å². The molecule has 1 fully saturated rings. The minimum absolute atomic E-state index is 0.00621.